The Kier molecular flexibility index (Phi) is 4.16. The Morgan fingerprint density at radius 3 is 2.67 bits per heavy atom. The maximum atomic E-state index is 10.6. The minimum Gasteiger partial charge on any atom is -0.478 e. The van der Waals surface area contributed by atoms with Crippen molar-refractivity contribution in [1.29, 1.82) is 0 Å². The van der Waals surface area contributed by atoms with Gasteiger partial charge in [-0.1, -0.05) is 6.92 Å². The van der Waals surface area contributed by atoms with Gasteiger partial charge < -0.3 is 9.84 Å². The smallest absolute Gasteiger partial charge is 0.328 e. The average molecular weight is 252 g/mol. The molecule has 1 aromatic heterocycles. The third-order valence-electron chi connectivity index (χ3n) is 2.83. The predicted octanol–water partition coefficient (Wildman–Crippen LogP) is 2.39. The monoisotopic (exact) mass is 252 g/mol. The Morgan fingerprint density at radius 2 is 2.17 bits per heavy atom. The molecule has 0 aliphatic heterocycles. The van der Waals surface area contributed by atoms with Crippen LogP contribution in [0.2, 0.25) is 0 Å². The molecule has 0 saturated heterocycles. The Morgan fingerprint density at radius 1 is 1.56 bits per heavy atom. The van der Waals surface area contributed by atoms with E-state index in [2.05, 4.69) is 5.10 Å². The molecule has 1 heterocycles. The summed E-state index contributed by atoms with van der Waals surface area (Å²) in [6.45, 7) is 7.84. The zero-order chi connectivity index (χ0) is 13.9. The fourth-order valence-corrected chi connectivity index (χ4v) is 1.45. The number of ether oxygens (including phenoxy) is 1. The predicted molar refractivity (Wildman–Crippen MR) is 69.6 cm³/mol. The van der Waals surface area contributed by atoms with Gasteiger partial charge in [-0.2, -0.15) is 5.10 Å². The van der Waals surface area contributed by atoms with Crippen molar-refractivity contribution in [2.75, 3.05) is 0 Å². The van der Waals surface area contributed by atoms with Crippen molar-refractivity contribution in [2.24, 2.45) is 7.05 Å². The number of aryl methyl sites for hydroxylation is 2. The SMILES string of the molecule is CCC(C)(C)Oc1c(C=CC(=O)O)c(C)nn1C. The zero-order valence-corrected chi connectivity index (χ0v) is 11.5. The number of aromatic nitrogens is 2. The molecule has 0 fully saturated rings. The molecule has 0 aliphatic rings. The van der Waals surface area contributed by atoms with Gasteiger partial charge in [-0.3, -0.25) is 0 Å². The van der Waals surface area contributed by atoms with Crippen LogP contribution in [-0.2, 0) is 11.8 Å². The number of carboxylic acids is 1. The molecule has 0 radical (unpaired) electrons. The molecule has 18 heavy (non-hydrogen) atoms. The molecule has 0 spiro atoms. The van der Waals surface area contributed by atoms with Crippen molar-refractivity contribution in [1.82, 2.24) is 9.78 Å². The zero-order valence-electron chi connectivity index (χ0n) is 11.5. The number of rotatable bonds is 5. The Hall–Kier alpha value is -1.78. The highest BCUT2D eigenvalue weighted by molar-refractivity contribution is 5.86. The van der Waals surface area contributed by atoms with Crippen LogP contribution in [0.1, 0.15) is 38.4 Å². The van der Waals surface area contributed by atoms with E-state index in [0.717, 1.165) is 18.2 Å². The molecule has 1 aromatic rings. The van der Waals surface area contributed by atoms with E-state index in [-0.39, 0.29) is 5.60 Å². The van der Waals surface area contributed by atoms with Crippen LogP contribution in [0.3, 0.4) is 0 Å². The molecule has 0 aliphatic carbocycles. The first kappa shape index (κ1) is 14.3. The van der Waals surface area contributed by atoms with Gasteiger partial charge in [0.2, 0.25) is 5.88 Å². The first-order valence-corrected chi connectivity index (χ1v) is 5.90. The number of hydrogen-bond acceptors (Lipinski definition) is 3. The number of nitrogens with zero attached hydrogens (tertiary/aromatic N) is 2. The fourth-order valence-electron chi connectivity index (χ4n) is 1.45. The van der Waals surface area contributed by atoms with Gasteiger partial charge in [-0.25, -0.2) is 9.48 Å². The third kappa shape index (κ3) is 3.35. The van der Waals surface area contributed by atoms with E-state index in [9.17, 15) is 4.79 Å². The van der Waals surface area contributed by atoms with E-state index in [1.54, 1.807) is 11.7 Å². The summed E-state index contributed by atoms with van der Waals surface area (Å²) >= 11 is 0. The van der Waals surface area contributed by atoms with Crippen molar-refractivity contribution in [3.8, 4) is 5.88 Å². The molecular weight excluding hydrogens is 232 g/mol. The summed E-state index contributed by atoms with van der Waals surface area (Å²) in [7, 11) is 1.78. The topological polar surface area (TPSA) is 64.3 Å². The summed E-state index contributed by atoms with van der Waals surface area (Å²) in [6, 6.07) is 0. The van der Waals surface area contributed by atoms with Crippen LogP contribution in [0, 0.1) is 6.92 Å². The first-order valence-electron chi connectivity index (χ1n) is 5.90. The lowest BCUT2D eigenvalue weighted by atomic mass is 10.1. The fraction of sp³-hybridized carbons (Fsp3) is 0.538. The van der Waals surface area contributed by atoms with Crippen LogP contribution in [0.15, 0.2) is 6.08 Å². The summed E-state index contributed by atoms with van der Waals surface area (Å²) in [4.78, 5) is 10.6. The summed E-state index contributed by atoms with van der Waals surface area (Å²) in [5.41, 5.74) is 1.14. The molecule has 0 bridgehead atoms. The molecule has 0 amide bonds. The second-order valence-corrected chi connectivity index (χ2v) is 4.81. The van der Waals surface area contributed by atoms with Crippen molar-refractivity contribution in [3.63, 3.8) is 0 Å². The minimum atomic E-state index is -0.987. The van der Waals surface area contributed by atoms with Crippen LogP contribution in [-0.4, -0.2) is 26.5 Å². The second-order valence-electron chi connectivity index (χ2n) is 4.81. The van der Waals surface area contributed by atoms with E-state index in [1.807, 2.05) is 27.7 Å². The van der Waals surface area contributed by atoms with E-state index in [0.29, 0.717) is 11.4 Å². The summed E-state index contributed by atoms with van der Waals surface area (Å²) in [6.07, 6.45) is 3.46. The number of hydrogen-bond donors (Lipinski definition) is 1. The molecule has 0 aromatic carbocycles. The molecule has 5 nitrogen and oxygen atoms in total. The highest BCUT2D eigenvalue weighted by Gasteiger charge is 2.22. The van der Waals surface area contributed by atoms with Gasteiger partial charge in [0, 0.05) is 13.1 Å². The van der Waals surface area contributed by atoms with E-state index >= 15 is 0 Å². The molecule has 5 heteroatoms. The van der Waals surface area contributed by atoms with Crippen molar-refractivity contribution in [3.05, 3.63) is 17.3 Å². The standard InChI is InChI=1S/C13H20N2O3/c1-6-13(3,4)18-12-10(7-8-11(16)17)9(2)14-15(12)5/h7-8H,6H2,1-5H3,(H,16,17). The van der Waals surface area contributed by atoms with Crippen molar-refractivity contribution < 1.29 is 14.6 Å². The average Bonchev–Trinajstić information content (AvgIpc) is 2.51. The lowest BCUT2D eigenvalue weighted by molar-refractivity contribution is -0.131. The van der Waals surface area contributed by atoms with Gasteiger partial charge in [-0.15, -0.1) is 0 Å². The largest absolute Gasteiger partial charge is 0.478 e. The van der Waals surface area contributed by atoms with E-state index in [1.165, 1.54) is 6.08 Å². The normalized spacial score (nSPS) is 12.1. The van der Waals surface area contributed by atoms with Gasteiger partial charge >= 0.3 is 5.97 Å². The lowest BCUT2D eigenvalue weighted by Crippen LogP contribution is -2.28. The molecule has 100 valence electrons. The molecule has 1 N–H and O–H groups in total. The molecule has 0 atom stereocenters. The first-order chi connectivity index (χ1) is 8.26. The van der Waals surface area contributed by atoms with Gasteiger partial charge in [0.1, 0.15) is 5.60 Å². The van der Waals surface area contributed by atoms with E-state index < -0.39 is 5.97 Å². The van der Waals surface area contributed by atoms with Crippen LogP contribution in [0.25, 0.3) is 6.08 Å². The second kappa shape index (κ2) is 5.25. The number of carboxylic acid groups (broad SMARTS) is 1. The minimum absolute atomic E-state index is 0.313. The molecule has 0 unspecified atom stereocenters. The third-order valence-corrected chi connectivity index (χ3v) is 2.83. The molecular formula is C13H20N2O3. The van der Waals surface area contributed by atoms with Gasteiger partial charge in [0.05, 0.1) is 11.3 Å². The van der Waals surface area contributed by atoms with Crippen LogP contribution < -0.4 is 4.74 Å². The maximum Gasteiger partial charge on any atom is 0.328 e. The quantitative estimate of drug-likeness (QED) is 0.817. The Bertz CT molecular complexity index is 473. The summed E-state index contributed by atoms with van der Waals surface area (Å²) < 4.78 is 7.56. The number of aliphatic carboxylic acids is 1. The summed E-state index contributed by atoms with van der Waals surface area (Å²) in [5, 5.41) is 12.9. The van der Waals surface area contributed by atoms with Gasteiger partial charge in [-0.05, 0) is 33.3 Å². The maximum absolute atomic E-state index is 10.6. The highest BCUT2D eigenvalue weighted by Crippen LogP contribution is 2.27. The van der Waals surface area contributed by atoms with Gasteiger partial charge in [0.25, 0.3) is 0 Å². The molecule has 0 saturated carbocycles. The van der Waals surface area contributed by atoms with Gasteiger partial charge in [0.15, 0.2) is 0 Å². The van der Waals surface area contributed by atoms with Crippen LogP contribution in [0.5, 0.6) is 5.88 Å². The Balaban J connectivity index is 3.14. The van der Waals surface area contributed by atoms with Crippen LogP contribution in [0.4, 0.5) is 0 Å². The lowest BCUT2D eigenvalue weighted by Gasteiger charge is -2.25. The van der Waals surface area contributed by atoms with Crippen LogP contribution >= 0.6 is 0 Å². The number of carbonyl (C=O) groups is 1. The summed E-state index contributed by atoms with van der Waals surface area (Å²) in [5.74, 6) is -0.393. The van der Waals surface area contributed by atoms with E-state index in [4.69, 9.17) is 9.84 Å². The van der Waals surface area contributed by atoms with Crippen molar-refractivity contribution >= 4 is 12.0 Å². The van der Waals surface area contributed by atoms with Crippen molar-refractivity contribution in [2.45, 2.75) is 39.7 Å². The Labute approximate surface area is 107 Å². The molecule has 1 rings (SSSR count). The highest BCUT2D eigenvalue weighted by atomic mass is 16.5.